The molecule has 1 aliphatic heterocycles. The largest absolute Gasteiger partial charge is 0.493 e. The first kappa shape index (κ1) is 24.8. The molecule has 0 amide bonds. The highest BCUT2D eigenvalue weighted by Gasteiger charge is 2.19. The molecule has 0 radical (unpaired) electrons. The van der Waals surface area contributed by atoms with Crippen molar-refractivity contribution in [3.8, 4) is 11.5 Å². The molecule has 160 valence electrons. The number of halogens is 1. The van der Waals surface area contributed by atoms with E-state index in [4.69, 9.17) is 14.5 Å². The number of benzene rings is 1. The Morgan fingerprint density at radius 3 is 2.50 bits per heavy atom. The van der Waals surface area contributed by atoms with Crippen molar-refractivity contribution in [1.82, 2.24) is 15.5 Å². The molecule has 1 aromatic carbocycles. The highest BCUT2D eigenvalue weighted by atomic mass is 127. The number of rotatable bonds is 9. The molecule has 0 saturated carbocycles. The van der Waals surface area contributed by atoms with E-state index in [9.17, 15) is 0 Å². The lowest BCUT2D eigenvalue weighted by Crippen LogP contribution is -2.49. The van der Waals surface area contributed by atoms with Crippen LogP contribution in [-0.2, 0) is 0 Å². The van der Waals surface area contributed by atoms with E-state index in [2.05, 4.69) is 29.4 Å². The number of aliphatic imine (C=N–C) groups is 1. The van der Waals surface area contributed by atoms with Gasteiger partial charge in [-0.3, -0.25) is 0 Å². The first-order valence-corrected chi connectivity index (χ1v) is 10.2. The summed E-state index contributed by atoms with van der Waals surface area (Å²) in [4.78, 5) is 7.28. The van der Waals surface area contributed by atoms with Crippen LogP contribution in [0.1, 0.15) is 40.0 Å². The number of piperidine rings is 1. The van der Waals surface area contributed by atoms with Crippen LogP contribution < -0.4 is 20.1 Å². The number of nitrogens with zero attached hydrogens (tertiary/aromatic N) is 2. The molecule has 1 aliphatic rings. The van der Waals surface area contributed by atoms with Crippen LogP contribution in [0.25, 0.3) is 0 Å². The lowest BCUT2D eigenvalue weighted by molar-refractivity contribution is 0.205. The van der Waals surface area contributed by atoms with Gasteiger partial charge in [-0.05, 0) is 51.8 Å². The molecule has 1 atom stereocenters. The second kappa shape index (κ2) is 13.9. The highest BCUT2D eigenvalue weighted by molar-refractivity contribution is 14.0. The van der Waals surface area contributed by atoms with Crippen molar-refractivity contribution in [3.05, 3.63) is 24.3 Å². The van der Waals surface area contributed by atoms with Gasteiger partial charge < -0.3 is 25.0 Å². The zero-order chi connectivity index (χ0) is 19.5. The molecule has 1 saturated heterocycles. The average molecular weight is 504 g/mol. The molecule has 0 bridgehead atoms. The molecule has 7 heteroatoms. The predicted molar refractivity (Wildman–Crippen MR) is 127 cm³/mol. The number of nitrogens with one attached hydrogen (secondary N) is 2. The number of guanidine groups is 1. The summed E-state index contributed by atoms with van der Waals surface area (Å²) in [6.07, 6.45) is 3.52. The minimum atomic E-state index is -0.0387. The Kier molecular flexibility index (Phi) is 12.3. The van der Waals surface area contributed by atoms with Gasteiger partial charge in [-0.1, -0.05) is 19.1 Å². The molecule has 1 aromatic rings. The van der Waals surface area contributed by atoms with Crippen molar-refractivity contribution in [3.63, 3.8) is 0 Å². The van der Waals surface area contributed by atoms with E-state index < -0.39 is 0 Å². The Bertz CT molecular complexity index is 577. The Balaban J connectivity index is 0.00000392. The van der Waals surface area contributed by atoms with Crippen molar-refractivity contribution in [2.75, 3.05) is 39.8 Å². The monoisotopic (exact) mass is 504 g/mol. The third kappa shape index (κ3) is 8.43. The zero-order valence-electron chi connectivity index (χ0n) is 17.7. The topological polar surface area (TPSA) is 58.1 Å². The molecular weight excluding hydrogens is 467 g/mol. The summed E-state index contributed by atoms with van der Waals surface area (Å²) >= 11 is 0. The molecule has 6 nitrogen and oxygen atoms in total. The van der Waals surface area contributed by atoms with E-state index in [0.29, 0.717) is 12.6 Å². The zero-order valence-corrected chi connectivity index (χ0v) is 20.1. The summed E-state index contributed by atoms with van der Waals surface area (Å²) in [5.74, 6) is 2.38. The Labute approximate surface area is 187 Å². The van der Waals surface area contributed by atoms with Gasteiger partial charge >= 0.3 is 0 Å². The fourth-order valence-electron chi connectivity index (χ4n) is 3.32. The van der Waals surface area contributed by atoms with Crippen LogP contribution in [0.5, 0.6) is 11.5 Å². The van der Waals surface area contributed by atoms with Crippen LogP contribution in [0.2, 0.25) is 0 Å². The fraction of sp³-hybridized carbons (Fsp3) is 0.667. The van der Waals surface area contributed by atoms with Gasteiger partial charge in [0.1, 0.15) is 6.10 Å². The lowest BCUT2D eigenvalue weighted by atomic mass is 10.1. The van der Waals surface area contributed by atoms with Crippen LogP contribution in [0, 0.1) is 0 Å². The van der Waals surface area contributed by atoms with Crippen LogP contribution in [0.3, 0.4) is 0 Å². The van der Waals surface area contributed by atoms with Crippen LogP contribution in [0.4, 0.5) is 0 Å². The first-order valence-electron chi connectivity index (χ1n) is 10.2. The summed E-state index contributed by atoms with van der Waals surface area (Å²) in [7, 11) is 1.66. The summed E-state index contributed by atoms with van der Waals surface area (Å²) in [6.45, 7) is 11.3. The second-order valence-electron chi connectivity index (χ2n) is 7.06. The Morgan fingerprint density at radius 1 is 1.21 bits per heavy atom. The maximum absolute atomic E-state index is 6.00. The molecular formula is C21H37IN4O2. The van der Waals surface area contributed by atoms with Gasteiger partial charge in [0.25, 0.3) is 0 Å². The minimum Gasteiger partial charge on any atom is -0.493 e. The summed E-state index contributed by atoms with van der Waals surface area (Å²) in [5, 5.41) is 6.95. The quantitative estimate of drug-likeness (QED) is 0.306. The number of hydrogen-bond acceptors (Lipinski definition) is 4. The maximum Gasteiger partial charge on any atom is 0.191 e. The Hall–Kier alpha value is -1.22. The molecule has 2 rings (SSSR count). The number of hydrogen-bond donors (Lipinski definition) is 2. The molecule has 0 aromatic heterocycles. The molecule has 1 heterocycles. The van der Waals surface area contributed by atoms with E-state index >= 15 is 0 Å². The lowest BCUT2D eigenvalue weighted by Gasteiger charge is -2.32. The standard InChI is InChI=1S/C21H36N4O2.HI/c1-5-13-25-14-11-18(12-15-25)24-21(22-6-2)23-16-17(3)27-20-10-8-7-9-19(20)26-4;/h7-10,17-18H,5-6,11-16H2,1-4H3,(H2,22,23,24);1H. The molecule has 1 fully saturated rings. The average Bonchev–Trinajstić information content (AvgIpc) is 2.68. The third-order valence-corrected chi connectivity index (χ3v) is 4.72. The number of para-hydroxylation sites is 2. The van der Waals surface area contributed by atoms with Crippen LogP contribution in [0.15, 0.2) is 29.3 Å². The second-order valence-corrected chi connectivity index (χ2v) is 7.06. The van der Waals surface area contributed by atoms with E-state index in [1.54, 1.807) is 7.11 Å². The van der Waals surface area contributed by atoms with Gasteiger partial charge in [0.15, 0.2) is 17.5 Å². The fourth-order valence-corrected chi connectivity index (χ4v) is 3.32. The van der Waals surface area contributed by atoms with E-state index in [1.807, 2.05) is 31.2 Å². The maximum atomic E-state index is 6.00. The smallest absolute Gasteiger partial charge is 0.191 e. The normalized spacial score (nSPS) is 16.8. The van der Waals surface area contributed by atoms with Crippen LogP contribution in [-0.4, -0.2) is 62.8 Å². The van der Waals surface area contributed by atoms with Gasteiger partial charge in [0, 0.05) is 25.7 Å². The third-order valence-electron chi connectivity index (χ3n) is 4.72. The van der Waals surface area contributed by atoms with Crippen molar-refractivity contribution in [2.24, 2.45) is 4.99 Å². The number of methoxy groups -OCH3 is 1. The van der Waals surface area contributed by atoms with E-state index in [0.717, 1.165) is 49.9 Å². The van der Waals surface area contributed by atoms with Crippen molar-refractivity contribution >= 4 is 29.9 Å². The predicted octanol–water partition coefficient (Wildman–Crippen LogP) is 3.51. The van der Waals surface area contributed by atoms with Gasteiger partial charge in [-0.15, -0.1) is 24.0 Å². The van der Waals surface area contributed by atoms with Gasteiger partial charge in [0.2, 0.25) is 0 Å². The molecule has 2 N–H and O–H groups in total. The molecule has 1 unspecified atom stereocenters. The Morgan fingerprint density at radius 2 is 1.89 bits per heavy atom. The van der Waals surface area contributed by atoms with E-state index in [-0.39, 0.29) is 30.1 Å². The van der Waals surface area contributed by atoms with Crippen LogP contribution >= 0.6 is 24.0 Å². The summed E-state index contributed by atoms with van der Waals surface area (Å²) in [6, 6.07) is 8.20. The van der Waals surface area contributed by atoms with Gasteiger partial charge in [-0.25, -0.2) is 4.99 Å². The molecule has 0 spiro atoms. The number of ether oxygens (including phenoxy) is 2. The van der Waals surface area contributed by atoms with Gasteiger partial charge in [-0.2, -0.15) is 0 Å². The summed E-state index contributed by atoms with van der Waals surface area (Å²) < 4.78 is 11.3. The minimum absolute atomic E-state index is 0. The van der Waals surface area contributed by atoms with Gasteiger partial charge in [0.05, 0.1) is 13.7 Å². The SMILES string of the molecule is CCCN1CCC(NC(=NCC(C)Oc2ccccc2OC)NCC)CC1.I. The van der Waals surface area contributed by atoms with Crippen molar-refractivity contribution in [2.45, 2.75) is 52.2 Å². The van der Waals surface area contributed by atoms with E-state index in [1.165, 1.54) is 13.0 Å². The molecule has 28 heavy (non-hydrogen) atoms. The number of likely N-dealkylation sites (tertiary alicyclic amines) is 1. The van der Waals surface area contributed by atoms with Crippen molar-refractivity contribution < 1.29 is 9.47 Å². The van der Waals surface area contributed by atoms with Crippen molar-refractivity contribution in [1.29, 1.82) is 0 Å². The first-order chi connectivity index (χ1) is 13.2. The summed E-state index contributed by atoms with van der Waals surface area (Å²) in [5.41, 5.74) is 0. The highest BCUT2D eigenvalue weighted by Crippen LogP contribution is 2.26. The molecule has 0 aliphatic carbocycles.